The lowest BCUT2D eigenvalue weighted by molar-refractivity contribution is 0.582. The van der Waals surface area contributed by atoms with Gasteiger partial charge in [0.25, 0.3) is 0 Å². The first-order valence-electron chi connectivity index (χ1n) is 6.15. The van der Waals surface area contributed by atoms with Crippen molar-refractivity contribution in [2.24, 2.45) is 0 Å². The normalized spacial score (nSPS) is 10.7. The van der Waals surface area contributed by atoms with Crippen molar-refractivity contribution in [1.29, 1.82) is 0 Å². The molecule has 0 saturated heterocycles. The van der Waals surface area contributed by atoms with Gasteiger partial charge in [0.05, 0.1) is 6.26 Å². The third-order valence-electron chi connectivity index (χ3n) is 2.83. The smallest absolute Gasteiger partial charge is 0.134 e. The van der Waals surface area contributed by atoms with Gasteiger partial charge in [0.15, 0.2) is 0 Å². The maximum atomic E-state index is 5.42. The molecule has 0 aliphatic rings. The zero-order valence-electron chi connectivity index (χ0n) is 10.5. The van der Waals surface area contributed by atoms with Gasteiger partial charge in [0.1, 0.15) is 5.76 Å². The molecule has 2 rings (SSSR count). The lowest BCUT2D eigenvalue weighted by Gasteiger charge is -2.07. The maximum absolute atomic E-state index is 5.42. The monoisotopic (exact) mass is 229 g/mol. The average Bonchev–Trinajstić information content (AvgIpc) is 2.83. The fourth-order valence-corrected chi connectivity index (χ4v) is 1.95. The molecule has 0 aliphatic heterocycles. The summed E-state index contributed by atoms with van der Waals surface area (Å²) < 4.78 is 5.42. The second kappa shape index (κ2) is 5.69. The van der Waals surface area contributed by atoms with Crippen LogP contribution in [0.2, 0.25) is 0 Å². The van der Waals surface area contributed by atoms with Gasteiger partial charge in [-0.1, -0.05) is 25.1 Å². The highest BCUT2D eigenvalue weighted by Gasteiger charge is 2.04. The molecule has 0 unspecified atom stereocenters. The van der Waals surface area contributed by atoms with E-state index >= 15 is 0 Å². The Labute approximate surface area is 103 Å². The molecule has 0 aliphatic carbocycles. The molecule has 1 aromatic carbocycles. The summed E-state index contributed by atoms with van der Waals surface area (Å²) in [5, 5.41) is 3.41. The van der Waals surface area contributed by atoms with E-state index in [1.807, 2.05) is 12.1 Å². The summed E-state index contributed by atoms with van der Waals surface area (Å²) in [5.41, 5.74) is 3.76. The van der Waals surface area contributed by atoms with Crippen LogP contribution in [-0.2, 0) is 6.54 Å². The van der Waals surface area contributed by atoms with Gasteiger partial charge >= 0.3 is 0 Å². The topological polar surface area (TPSA) is 25.2 Å². The van der Waals surface area contributed by atoms with Crippen LogP contribution in [0.5, 0.6) is 0 Å². The molecule has 0 amide bonds. The highest BCUT2D eigenvalue weighted by molar-refractivity contribution is 5.62. The van der Waals surface area contributed by atoms with Crippen LogP contribution in [0, 0.1) is 6.92 Å². The minimum atomic E-state index is 0.938. The molecular weight excluding hydrogens is 210 g/mol. The number of furan rings is 1. The number of benzene rings is 1. The Morgan fingerprint density at radius 2 is 2.12 bits per heavy atom. The summed E-state index contributed by atoms with van der Waals surface area (Å²) in [5.74, 6) is 0.940. The summed E-state index contributed by atoms with van der Waals surface area (Å²) in [4.78, 5) is 0. The second-order valence-corrected chi connectivity index (χ2v) is 4.30. The third-order valence-corrected chi connectivity index (χ3v) is 2.83. The SMILES string of the molecule is CCCNCc1ccc(-c2ccco2)c(C)c1. The van der Waals surface area contributed by atoms with E-state index in [4.69, 9.17) is 4.42 Å². The summed E-state index contributed by atoms with van der Waals surface area (Å²) in [7, 11) is 0. The summed E-state index contributed by atoms with van der Waals surface area (Å²) in [6.45, 7) is 6.31. The standard InChI is InChI=1S/C15H19NO/c1-3-8-16-11-13-6-7-14(12(2)10-13)15-5-4-9-17-15/h4-7,9-10,16H,3,8,11H2,1-2H3. The zero-order valence-corrected chi connectivity index (χ0v) is 10.5. The Morgan fingerprint density at radius 3 is 2.76 bits per heavy atom. The van der Waals surface area contributed by atoms with Crippen LogP contribution in [-0.4, -0.2) is 6.54 Å². The summed E-state index contributed by atoms with van der Waals surface area (Å²) >= 11 is 0. The molecule has 0 bridgehead atoms. The molecule has 90 valence electrons. The molecule has 1 aromatic heterocycles. The van der Waals surface area contributed by atoms with Crippen molar-refractivity contribution in [1.82, 2.24) is 5.32 Å². The predicted octanol–water partition coefficient (Wildman–Crippen LogP) is 3.75. The first kappa shape index (κ1) is 11.9. The Morgan fingerprint density at radius 1 is 1.24 bits per heavy atom. The van der Waals surface area contributed by atoms with Crippen molar-refractivity contribution >= 4 is 0 Å². The van der Waals surface area contributed by atoms with Crippen LogP contribution < -0.4 is 5.32 Å². The minimum absolute atomic E-state index is 0.938. The molecule has 0 fully saturated rings. The van der Waals surface area contributed by atoms with Crippen molar-refractivity contribution in [2.45, 2.75) is 26.8 Å². The van der Waals surface area contributed by atoms with E-state index in [-0.39, 0.29) is 0 Å². The Hall–Kier alpha value is -1.54. The minimum Gasteiger partial charge on any atom is -0.464 e. The van der Waals surface area contributed by atoms with E-state index in [1.165, 1.54) is 23.1 Å². The quantitative estimate of drug-likeness (QED) is 0.790. The van der Waals surface area contributed by atoms with Gasteiger partial charge < -0.3 is 9.73 Å². The molecular formula is C15H19NO. The number of nitrogens with one attached hydrogen (secondary N) is 1. The van der Waals surface area contributed by atoms with Crippen molar-refractivity contribution in [3.05, 3.63) is 47.7 Å². The van der Waals surface area contributed by atoms with E-state index < -0.39 is 0 Å². The van der Waals surface area contributed by atoms with Crippen LogP contribution in [0.25, 0.3) is 11.3 Å². The number of rotatable bonds is 5. The first-order chi connectivity index (χ1) is 8.31. The molecule has 0 atom stereocenters. The van der Waals surface area contributed by atoms with Gasteiger partial charge in [-0.25, -0.2) is 0 Å². The highest BCUT2D eigenvalue weighted by atomic mass is 16.3. The van der Waals surface area contributed by atoms with E-state index in [2.05, 4.69) is 37.4 Å². The van der Waals surface area contributed by atoms with Crippen molar-refractivity contribution in [3.8, 4) is 11.3 Å². The van der Waals surface area contributed by atoms with Gasteiger partial charge in [-0.05, 0) is 43.1 Å². The summed E-state index contributed by atoms with van der Waals surface area (Å²) in [6, 6.07) is 10.4. The fourth-order valence-electron chi connectivity index (χ4n) is 1.95. The average molecular weight is 229 g/mol. The van der Waals surface area contributed by atoms with E-state index in [0.717, 1.165) is 18.8 Å². The fraction of sp³-hybridized carbons (Fsp3) is 0.333. The van der Waals surface area contributed by atoms with Crippen molar-refractivity contribution < 1.29 is 4.42 Å². The van der Waals surface area contributed by atoms with Gasteiger partial charge in [-0.3, -0.25) is 0 Å². The maximum Gasteiger partial charge on any atom is 0.134 e. The lowest BCUT2D eigenvalue weighted by Crippen LogP contribution is -2.13. The lowest BCUT2D eigenvalue weighted by atomic mass is 10.0. The molecule has 2 nitrogen and oxygen atoms in total. The number of aryl methyl sites for hydroxylation is 1. The van der Waals surface area contributed by atoms with E-state index in [1.54, 1.807) is 6.26 Å². The van der Waals surface area contributed by atoms with Crippen LogP contribution in [0.1, 0.15) is 24.5 Å². The Balaban J connectivity index is 2.12. The molecule has 0 radical (unpaired) electrons. The molecule has 0 saturated carbocycles. The van der Waals surface area contributed by atoms with Crippen LogP contribution in [0.3, 0.4) is 0 Å². The number of hydrogen-bond donors (Lipinski definition) is 1. The van der Waals surface area contributed by atoms with Crippen LogP contribution in [0.15, 0.2) is 41.0 Å². The van der Waals surface area contributed by atoms with Crippen LogP contribution >= 0.6 is 0 Å². The molecule has 1 heterocycles. The molecule has 2 aromatic rings. The second-order valence-electron chi connectivity index (χ2n) is 4.30. The molecule has 0 spiro atoms. The zero-order chi connectivity index (χ0) is 12.1. The number of hydrogen-bond acceptors (Lipinski definition) is 2. The largest absolute Gasteiger partial charge is 0.464 e. The van der Waals surface area contributed by atoms with Gasteiger partial charge in [-0.2, -0.15) is 0 Å². The van der Waals surface area contributed by atoms with Gasteiger partial charge in [0, 0.05) is 12.1 Å². The third kappa shape index (κ3) is 2.98. The van der Waals surface area contributed by atoms with Gasteiger partial charge in [0.2, 0.25) is 0 Å². The van der Waals surface area contributed by atoms with Gasteiger partial charge in [-0.15, -0.1) is 0 Å². The van der Waals surface area contributed by atoms with E-state index in [0.29, 0.717) is 0 Å². The van der Waals surface area contributed by atoms with Crippen LogP contribution in [0.4, 0.5) is 0 Å². The predicted molar refractivity (Wildman–Crippen MR) is 70.9 cm³/mol. The molecule has 2 heteroatoms. The highest BCUT2D eigenvalue weighted by Crippen LogP contribution is 2.24. The van der Waals surface area contributed by atoms with Crippen molar-refractivity contribution in [2.75, 3.05) is 6.54 Å². The summed E-state index contributed by atoms with van der Waals surface area (Å²) in [6.07, 6.45) is 2.88. The molecule has 1 N–H and O–H groups in total. The van der Waals surface area contributed by atoms with E-state index in [9.17, 15) is 0 Å². The molecule has 17 heavy (non-hydrogen) atoms. The van der Waals surface area contributed by atoms with Crippen molar-refractivity contribution in [3.63, 3.8) is 0 Å². The Bertz CT molecular complexity index is 460. The first-order valence-corrected chi connectivity index (χ1v) is 6.15. The Kier molecular flexibility index (Phi) is 3.99.